The molecule has 0 aliphatic carbocycles. The van der Waals surface area contributed by atoms with Gasteiger partial charge >= 0.3 is 0 Å². The molecule has 1 aliphatic heterocycles. The predicted octanol–water partition coefficient (Wildman–Crippen LogP) is 3.36. The van der Waals surface area contributed by atoms with Crippen LogP contribution in [0.4, 0.5) is 5.82 Å². The van der Waals surface area contributed by atoms with Gasteiger partial charge in [-0.25, -0.2) is 4.98 Å². The van der Waals surface area contributed by atoms with Crippen molar-refractivity contribution in [1.29, 1.82) is 5.26 Å². The molecule has 1 aliphatic rings. The van der Waals surface area contributed by atoms with Gasteiger partial charge in [0.05, 0.1) is 5.56 Å². The smallest absolute Gasteiger partial charge is 0.146 e. The number of anilines is 1. The minimum absolute atomic E-state index is 0.372. The second-order valence-corrected chi connectivity index (χ2v) is 5.57. The van der Waals surface area contributed by atoms with Crippen molar-refractivity contribution in [3.8, 4) is 6.07 Å². The maximum Gasteiger partial charge on any atom is 0.146 e. The van der Waals surface area contributed by atoms with Crippen LogP contribution in [0.15, 0.2) is 18.3 Å². The minimum Gasteiger partial charge on any atom is -0.355 e. The summed E-state index contributed by atoms with van der Waals surface area (Å²) in [6.45, 7) is 6.64. The molecule has 1 aromatic heterocycles. The van der Waals surface area contributed by atoms with Crippen molar-refractivity contribution in [3.05, 3.63) is 23.9 Å². The number of piperidine rings is 1. The van der Waals surface area contributed by atoms with E-state index in [1.54, 1.807) is 6.20 Å². The van der Waals surface area contributed by atoms with Gasteiger partial charge in [0.15, 0.2) is 0 Å². The number of hydrogen-bond acceptors (Lipinski definition) is 3. The van der Waals surface area contributed by atoms with Crippen LogP contribution in [0, 0.1) is 16.7 Å². The Bertz CT molecular complexity index is 445. The number of aromatic nitrogens is 1. The van der Waals surface area contributed by atoms with Crippen LogP contribution in [-0.4, -0.2) is 18.1 Å². The first-order valence-corrected chi connectivity index (χ1v) is 6.78. The van der Waals surface area contributed by atoms with E-state index in [2.05, 4.69) is 29.8 Å². The van der Waals surface area contributed by atoms with Gasteiger partial charge in [-0.3, -0.25) is 0 Å². The molecule has 1 atom stereocenters. The molecular weight excluding hydrogens is 222 g/mol. The Labute approximate surface area is 109 Å². The topological polar surface area (TPSA) is 39.9 Å². The lowest BCUT2D eigenvalue weighted by Crippen LogP contribution is -2.42. The molecule has 0 amide bonds. The fraction of sp³-hybridized carbons (Fsp3) is 0.600. The van der Waals surface area contributed by atoms with Crippen LogP contribution in [0.3, 0.4) is 0 Å². The lowest BCUT2D eigenvalue weighted by atomic mass is 9.78. The summed E-state index contributed by atoms with van der Waals surface area (Å²) in [5, 5.41) is 9.17. The summed E-state index contributed by atoms with van der Waals surface area (Å²) >= 11 is 0. The van der Waals surface area contributed by atoms with E-state index in [1.807, 2.05) is 12.1 Å². The number of nitriles is 1. The molecular formula is C15H21N3. The minimum atomic E-state index is 0.372. The van der Waals surface area contributed by atoms with Gasteiger partial charge in [0, 0.05) is 19.3 Å². The Hall–Kier alpha value is -1.56. The van der Waals surface area contributed by atoms with E-state index in [0.717, 1.165) is 18.9 Å². The number of pyridine rings is 1. The maximum absolute atomic E-state index is 9.17. The molecule has 0 N–H and O–H groups in total. The number of nitrogens with zero attached hydrogens (tertiary/aromatic N) is 3. The van der Waals surface area contributed by atoms with Gasteiger partial charge in [0.25, 0.3) is 0 Å². The molecule has 3 heteroatoms. The Morgan fingerprint density at radius 3 is 3.11 bits per heavy atom. The van der Waals surface area contributed by atoms with Crippen LogP contribution in [0.1, 0.15) is 45.1 Å². The SMILES string of the molecule is CCCC1(C)CCCN(c2ncccc2C#N)C1. The van der Waals surface area contributed by atoms with Crippen LogP contribution >= 0.6 is 0 Å². The van der Waals surface area contributed by atoms with Crippen molar-refractivity contribution < 1.29 is 0 Å². The molecule has 1 fully saturated rings. The standard InChI is InChI=1S/C15H21N3/c1-3-7-15(2)8-5-10-18(12-15)14-13(11-16)6-4-9-17-14/h4,6,9H,3,5,7-8,10,12H2,1-2H3. The molecule has 0 aromatic carbocycles. The summed E-state index contributed by atoms with van der Waals surface area (Å²) in [6, 6.07) is 5.93. The summed E-state index contributed by atoms with van der Waals surface area (Å²) < 4.78 is 0. The largest absolute Gasteiger partial charge is 0.355 e. The number of hydrogen-bond donors (Lipinski definition) is 0. The molecule has 96 valence electrons. The highest BCUT2D eigenvalue weighted by molar-refractivity contribution is 5.53. The lowest BCUT2D eigenvalue weighted by molar-refractivity contribution is 0.238. The fourth-order valence-corrected chi connectivity index (χ4v) is 3.04. The van der Waals surface area contributed by atoms with E-state index < -0.39 is 0 Å². The summed E-state index contributed by atoms with van der Waals surface area (Å²) in [6.07, 6.45) is 6.72. The quantitative estimate of drug-likeness (QED) is 0.817. The van der Waals surface area contributed by atoms with Gasteiger partial charge in [-0.2, -0.15) is 5.26 Å². The predicted molar refractivity (Wildman–Crippen MR) is 73.4 cm³/mol. The van der Waals surface area contributed by atoms with E-state index in [-0.39, 0.29) is 0 Å². The third-order valence-corrected chi connectivity index (χ3v) is 3.84. The Kier molecular flexibility index (Phi) is 3.86. The van der Waals surface area contributed by atoms with E-state index >= 15 is 0 Å². The first-order chi connectivity index (χ1) is 8.68. The molecule has 2 heterocycles. The molecule has 0 spiro atoms. The molecule has 1 saturated heterocycles. The highest BCUT2D eigenvalue weighted by Crippen LogP contribution is 2.36. The first kappa shape index (κ1) is 12.9. The van der Waals surface area contributed by atoms with Crippen LogP contribution in [0.2, 0.25) is 0 Å². The Morgan fingerprint density at radius 1 is 1.56 bits per heavy atom. The zero-order valence-electron chi connectivity index (χ0n) is 11.3. The number of rotatable bonds is 3. The van der Waals surface area contributed by atoms with Gasteiger partial charge < -0.3 is 4.90 Å². The van der Waals surface area contributed by atoms with Gasteiger partial charge in [0.1, 0.15) is 11.9 Å². The summed E-state index contributed by atoms with van der Waals surface area (Å²) in [4.78, 5) is 6.69. The summed E-state index contributed by atoms with van der Waals surface area (Å²) in [5.74, 6) is 0.863. The van der Waals surface area contributed by atoms with E-state index in [9.17, 15) is 0 Å². The van der Waals surface area contributed by atoms with Crippen LogP contribution in [0.25, 0.3) is 0 Å². The highest BCUT2D eigenvalue weighted by atomic mass is 15.2. The molecule has 3 nitrogen and oxygen atoms in total. The van der Waals surface area contributed by atoms with Crippen LogP contribution < -0.4 is 4.90 Å². The van der Waals surface area contributed by atoms with E-state index in [1.165, 1.54) is 25.7 Å². The molecule has 0 bridgehead atoms. The summed E-state index contributed by atoms with van der Waals surface area (Å²) in [5.41, 5.74) is 1.07. The molecule has 0 radical (unpaired) electrons. The van der Waals surface area contributed by atoms with Crippen molar-refractivity contribution in [3.63, 3.8) is 0 Å². The van der Waals surface area contributed by atoms with Gasteiger partial charge in [0.2, 0.25) is 0 Å². The molecule has 2 rings (SSSR count). The van der Waals surface area contributed by atoms with Crippen molar-refractivity contribution in [2.45, 2.75) is 39.5 Å². The maximum atomic E-state index is 9.17. The zero-order chi connectivity index (χ0) is 13.0. The third kappa shape index (κ3) is 2.64. The van der Waals surface area contributed by atoms with Gasteiger partial charge in [-0.15, -0.1) is 0 Å². The molecule has 1 unspecified atom stereocenters. The molecule has 0 saturated carbocycles. The molecule has 18 heavy (non-hydrogen) atoms. The van der Waals surface area contributed by atoms with Crippen molar-refractivity contribution in [2.75, 3.05) is 18.0 Å². The third-order valence-electron chi connectivity index (χ3n) is 3.84. The van der Waals surface area contributed by atoms with Gasteiger partial charge in [-0.1, -0.05) is 20.3 Å². The van der Waals surface area contributed by atoms with Crippen LogP contribution in [0.5, 0.6) is 0 Å². The lowest BCUT2D eigenvalue weighted by Gasteiger charge is -2.41. The summed E-state index contributed by atoms with van der Waals surface area (Å²) in [7, 11) is 0. The zero-order valence-corrected chi connectivity index (χ0v) is 11.3. The van der Waals surface area contributed by atoms with Crippen molar-refractivity contribution in [2.24, 2.45) is 5.41 Å². The second-order valence-electron chi connectivity index (χ2n) is 5.57. The van der Waals surface area contributed by atoms with E-state index in [0.29, 0.717) is 11.0 Å². The van der Waals surface area contributed by atoms with Gasteiger partial charge in [-0.05, 0) is 36.8 Å². The Morgan fingerprint density at radius 2 is 2.39 bits per heavy atom. The van der Waals surface area contributed by atoms with Crippen LogP contribution in [-0.2, 0) is 0 Å². The highest BCUT2D eigenvalue weighted by Gasteiger charge is 2.31. The van der Waals surface area contributed by atoms with E-state index in [4.69, 9.17) is 5.26 Å². The normalized spacial score (nSPS) is 23.7. The first-order valence-electron chi connectivity index (χ1n) is 6.78. The fourth-order valence-electron chi connectivity index (χ4n) is 3.04. The molecule has 1 aromatic rings. The monoisotopic (exact) mass is 243 g/mol. The average molecular weight is 243 g/mol. The van der Waals surface area contributed by atoms with Crippen molar-refractivity contribution in [1.82, 2.24) is 4.98 Å². The Balaban J connectivity index is 2.21. The van der Waals surface area contributed by atoms with Crippen molar-refractivity contribution >= 4 is 5.82 Å². The second kappa shape index (κ2) is 5.39. The average Bonchev–Trinajstić information content (AvgIpc) is 2.38.